The van der Waals surface area contributed by atoms with Crippen molar-refractivity contribution in [2.24, 2.45) is 0 Å². The average molecular weight is 267 g/mol. The van der Waals surface area contributed by atoms with Crippen molar-refractivity contribution in [3.05, 3.63) is 29.6 Å². The summed E-state index contributed by atoms with van der Waals surface area (Å²) >= 11 is 1.89. The summed E-state index contributed by atoms with van der Waals surface area (Å²) in [4.78, 5) is 6.88. The number of hydrogen-bond donors (Lipinski definition) is 1. The molecule has 1 N–H and O–H groups in total. The van der Waals surface area contributed by atoms with E-state index in [1.807, 2.05) is 18.0 Å². The third-order valence-electron chi connectivity index (χ3n) is 3.04. The molecule has 1 aromatic heterocycles. The molecule has 0 saturated heterocycles. The van der Waals surface area contributed by atoms with Gasteiger partial charge in [-0.1, -0.05) is 13.0 Å². The van der Waals surface area contributed by atoms with E-state index in [4.69, 9.17) is 0 Å². The van der Waals surface area contributed by atoms with Crippen LogP contribution >= 0.6 is 11.8 Å². The van der Waals surface area contributed by atoms with Crippen LogP contribution in [0.4, 0.5) is 0 Å². The fraction of sp³-hybridized carbons (Fsp3) is 0.643. The predicted octanol–water partition coefficient (Wildman–Crippen LogP) is 2.37. The maximum atomic E-state index is 4.53. The van der Waals surface area contributed by atoms with Crippen molar-refractivity contribution in [1.29, 1.82) is 0 Å². The second-order valence-electron chi connectivity index (χ2n) is 4.66. The first kappa shape index (κ1) is 15.5. The summed E-state index contributed by atoms with van der Waals surface area (Å²) in [5.74, 6) is 1.16. The SMILES string of the molecule is CCNCc1ccc(CN(C)C(C)CSC)nc1. The minimum absolute atomic E-state index is 0.586. The molecule has 0 aliphatic heterocycles. The van der Waals surface area contributed by atoms with Gasteiger partial charge in [-0.2, -0.15) is 11.8 Å². The lowest BCUT2D eigenvalue weighted by molar-refractivity contribution is 0.266. The summed E-state index contributed by atoms with van der Waals surface area (Å²) in [6, 6.07) is 4.88. The third-order valence-corrected chi connectivity index (χ3v) is 3.85. The molecule has 0 amide bonds. The Morgan fingerprint density at radius 2 is 2.22 bits per heavy atom. The lowest BCUT2D eigenvalue weighted by Gasteiger charge is -2.23. The molecule has 4 heteroatoms. The summed E-state index contributed by atoms with van der Waals surface area (Å²) in [6.45, 7) is 7.20. The largest absolute Gasteiger partial charge is 0.313 e. The number of hydrogen-bond acceptors (Lipinski definition) is 4. The van der Waals surface area contributed by atoms with E-state index in [2.05, 4.69) is 54.5 Å². The summed E-state index contributed by atoms with van der Waals surface area (Å²) in [5, 5.41) is 3.31. The fourth-order valence-electron chi connectivity index (χ4n) is 1.70. The van der Waals surface area contributed by atoms with Crippen LogP contribution in [0.25, 0.3) is 0 Å². The molecule has 0 aliphatic carbocycles. The van der Waals surface area contributed by atoms with Gasteiger partial charge in [0.15, 0.2) is 0 Å². The highest BCUT2D eigenvalue weighted by atomic mass is 32.2. The van der Waals surface area contributed by atoms with Crippen LogP contribution in [0.15, 0.2) is 18.3 Å². The Labute approximate surface area is 115 Å². The Morgan fingerprint density at radius 1 is 1.44 bits per heavy atom. The second kappa shape index (κ2) is 8.51. The molecule has 0 bridgehead atoms. The van der Waals surface area contributed by atoms with Crippen molar-refractivity contribution < 1.29 is 0 Å². The topological polar surface area (TPSA) is 28.2 Å². The van der Waals surface area contributed by atoms with Crippen LogP contribution in [0.2, 0.25) is 0 Å². The summed E-state index contributed by atoms with van der Waals surface area (Å²) in [6.07, 6.45) is 4.13. The Bertz CT molecular complexity index is 326. The van der Waals surface area contributed by atoms with Crippen LogP contribution in [0.5, 0.6) is 0 Å². The molecule has 3 nitrogen and oxygen atoms in total. The zero-order valence-electron chi connectivity index (χ0n) is 11.9. The smallest absolute Gasteiger partial charge is 0.0544 e. The van der Waals surface area contributed by atoms with Gasteiger partial charge in [0, 0.05) is 31.1 Å². The maximum absolute atomic E-state index is 4.53. The highest BCUT2D eigenvalue weighted by Gasteiger charge is 2.09. The minimum Gasteiger partial charge on any atom is -0.313 e. The zero-order valence-corrected chi connectivity index (χ0v) is 12.8. The number of pyridine rings is 1. The van der Waals surface area contributed by atoms with Crippen molar-refractivity contribution in [3.8, 4) is 0 Å². The molecule has 1 heterocycles. The minimum atomic E-state index is 0.586. The van der Waals surface area contributed by atoms with Crippen LogP contribution in [-0.4, -0.2) is 41.5 Å². The predicted molar refractivity (Wildman–Crippen MR) is 80.9 cm³/mol. The second-order valence-corrected chi connectivity index (χ2v) is 5.57. The van der Waals surface area contributed by atoms with Crippen LogP contribution in [0, 0.1) is 0 Å². The fourth-order valence-corrected chi connectivity index (χ4v) is 2.44. The van der Waals surface area contributed by atoms with Gasteiger partial charge in [0.25, 0.3) is 0 Å². The normalized spacial score (nSPS) is 12.9. The van der Waals surface area contributed by atoms with Crippen molar-refractivity contribution in [2.75, 3.05) is 25.6 Å². The monoisotopic (exact) mass is 267 g/mol. The standard InChI is InChI=1S/C14H25N3S/c1-5-15-8-13-6-7-14(16-9-13)10-17(3)12(2)11-18-4/h6-7,9,12,15H,5,8,10-11H2,1-4H3. The van der Waals surface area contributed by atoms with Crippen molar-refractivity contribution in [1.82, 2.24) is 15.2 Å². The van der Waals surface area contributed by atoms with Gasteiger partial charge in [-0.25, -0.2) is 0 Å². The Kier molecular flexibility index (Phi) is 7.32. The van der Waals surface area contributed by atoms with Crippen LogP contribution in [0.3, 0.4) is 0 Å². The molecule has 0 spiro atoms. The van der Waals surface area contributed by atoms with Gasteiger partial charge >= 0.3 is 0 Å². The van der Waals surface area contributed by atoms with E-state index in [1.54, 1.807) is 0 Å². The molecule has 0 saturated carbocycles. The molecule has 1 unspecified atom stereocenters. The van der Waals surface area contributed by atoms with E-state index in [-0.39, 0.29) is 0 Å². The highest BCUT2D eigenvalue weighted by molar-refractivity contribution is 7.98. The first-order chi connectivity index (χ1) is 8.67. The summed E-state index contributed by atoms with van der Waals surface area (Å²) in [7, 11) is 2.16. The van der Waals surface area contributed by atoms with Gasteiger partial charge in [-0.3, -0.25) is 9.88 Å². The maximum Gasteiger partial charge on any atom is 0.0544 e. The molecule has 1 aromatic rings. The first-order valence-corrected chi connectivity index (χ1v) is 7.90. The number of nitrogens with zero attached hydrogens (tertiary/aromatic N) is 2. The van der Waals surface area contributed by atoms with Gasteiger partial charge < -0.3 is 5.32 Å². The summed E-state index contributed by atoms with van der Waals surface area (Å²) < 4.78 is 0. The molecule has 0 aromatic carbocycles. The van der Waals surface area contributed by atoms with Gasteiger partial charge in [-0.15, -0.1) is 0 Å². The number of nitrogens with one attached hydrogen (secondary N) is 1. The molecule has 0 aliphatic rings. The average Bonchev–Trinajstić information content (AvgIpc) is 2.38. The van der Waals surface area contributed by atoms with E-state index in [0.29, 0.717) is 6.04 Å². The third kappa shape index (κ3) is 5.38. The van der Waals surface area contributed by atoms with Gasteiger partial charge in [0.05, 0.1) is 5.69 Å². The van der Waals surface area contributed by atoms with Crippen molar-refractivity contribution >= 4 is 11.8 Å². The van der Waals surface area contributed by atoms with Gasteiger partial charge in [0.1, 0.15) is 0 Å². The van der Waals surface area contributed by atoms with E-state index in [1.165, 1.54) is 5.56 Å². The van der Waals surface area contributed by atoms with Crippen molar-refractivity contribution in [2.45, 2.75) is 33.0 Å². The molecule has 18 heavy (non-hydrogen) atoms. The number of rotatable bonds is 8. The number of thioether (sulfide) groups is 1. The molecule has 0 radical (unpaired) electrons. The van der Waals surface area contributed by atoms with E-state index < -0.39 is 0 Å². The molecule has 102 valence electrons. The van der Waals surface area contributed by atoms with Gasteiger partial charge in [0.2, 0.25) is 0 Å². The quantitative estimate of drug-likeness (QED) is 0.783. The van der Waals surface area contributed by atoms with Gasteiger partial charge in [-0.05, 0) is 38.4 Å². The Balaban J connectivity index is 2.47. The van der Waals surface area contributed by atoms with Crippen molar-refractivity contribution in [3.63, 3.8) is 0 Å². The number of aromatic nitrogens is 1. The molecular formula is C14H25N3S. The Morgan fingerprint density at radius 3 is 2.78 bits per heavy atom. The van der Waals surface area contributed by atoms with Crippen LogP contribution in [0.1, 0.15) is 25.1 Å². The summed E-state index contributed by atoms with van der Waals surface area (Å²) in [5.41, 5.74) is 2.39. The first-order valence-electron chi connectivity index (χ1n) is 6.51. The van der Waals surface area contributed by atoms with Crippen LogP contribution in [-0.2, 0) is 13.1 Å². The van der Waals surface area contributed by atoms with E-state index >= 15 is 0 Å². The van der Waals surface area contributed by atoms with E-state index in [0.717, 1.165) is 31.1 Å². The van der Waals surface area contributed by atoms with E-state index in [9.17, 15) is 0 Å². The highest BCUT2D eigenvalue weighted by Crippen LogP contribution is 2.08. The lowest BCUT2D eigenvalue weighted by atomic mass is 10.2. The molecular weight excluding hydrogens is 242 g/mol. The van der Waals surface area contributed by atoms with Crippen LogP contribution < -0.4 is 5.32 Å². The Hall–Kier alpha value is -0.580. The lowest BCUT2D eigenvalue weighted by Crippen LogP contribution is -2.30. The molecule has 0 fully saturated rings. The molecule has 1 atom stereocenters. The molecule has 1 rings (SSSR count). The zero-order chi connectivity index (χ0) is 13.4.